The van der Waals surface area contributed by atoms with Crippen molar-refractivity contribution in [3.63, 3.8) is 0 Å². The molecule has 0 spiro atoms. The monoisotopic (exact) mass is 423 g/mol. The van der Waals surface area contributed by atoms with Crippen LogP contribution >= 0.6 is 0 Å². The number of H-pyrrole nitrogens is 1. The van der Waals surface area contributed by atoms with Crippen molar-refractivity contribution in [1.82, 2.24) is 4.98 Å². The minimum atomic E-state index is -1.22. The lowest BCUT2D eigenvalue weighted by Gasteiger charge is -2.23. The van der Waals surface area contributed by atoms with E-state index in [2.05, 4.69) is 37.0 Å². The van der Waals surface area contributed by atoms with Gasteiger partial charge in [0.15, 0.2) is 11.4 Å². The molecule has 1 aliphatic heterocycles. The number of aryl methyl sites for hydroxylation is 2. The molecule has 2 atom stereocenters. The topological polar surface area (TPSA) is 62.3 Å². The van der Waals surface area contributed by atoms with Crippen LogP contribution in [-0.2, 0) is 15.1 Å². The average Bonchev–Trinajstić information content (AvgIpc) is 3.24. The van der Waals surface area contributed by atoms with E-state index >= 15 is 0 Å². The highest BCUT2D eigenvalue weighted by Crippen LogP contribution is 2.47. The molecular formula is C28H25NO3. The lowest BCUT2D eigenvalue weighted by atomic mass is 9.83. The minimum absolute atomic E-state index is 0.0446. The van der Waals surface area contributed by atoms with Crippen molar-refractivity contribution in [3.8, 4) is 0 Å². The Labute approximate surface area is 187 Å². The smallest absolute Gasteiger partial charge is 0.339 e. The van der Waals surface area contributed by atoms with Crippen LogP contribution in [0.4, 0.5) is 0 Å². The number of nitrogens with one attached hydrogen (secondary N) is 1. The molecule has 1 aliphatic rings. The molecule has 0 saturated carbocycles. The van der Waals surface area contributed by atoms with Gasteiger partial charge in [0.05, 0.1) is 11.5 Å². The van der Waals surface area contributed by atoms with Crippen LogP contribution in [0, 0.1) is 13.8 Å². The van der Waals surface area contributed by atoms with Crippen molar-refractivity contribution < 1.29 is 14.6 Å². The quantitative estimate of drug-likeness (QED) is 0.384. The molecule has 4 aromatic rings. The lowest BCUT2D eigenvalue weighted by molar-refractivity contribution is -0.147. The number of aliphatic hydroxyl groups excluding tert-OH is 1. The molecule has 0 bridgehead atoms. The van der Waals surface area contributed by atoms with E-state index < -0.39 is 17.5 Å². The number of carbonyl (C=O) groups excluding carboxylic acids is 1. The maximum atomic E-state index is 13.3. The van der Waals surface area contributed by atoms with Crippen molar-refractivity contribution >= 4 is 16.9 Å². The van der Waals surface area contributed by atoms with E-state index in [1.54, 1.807) is 6.92 Å². The Kier molecular flexibility index (Phi) is 4.66. The Hall–Kier alpha value is -3.79. The summed E-state index contributed by atoms with van der Waals surface area (Å²) in [6.45, 7) is 5.86. The first-order chi connectivity index (χ1) is 15.4. The lowest BCUT2D eigenvalue weighted by Crippen LogP contribution is -2.25. The van der Waals surface area contributed by atoms with Gasteiger partial charge in [-0.2, -0.15) is 0 Å². The largest absolute Gasteiger partial charge is 0.507 e. The van der Waals surface area contributed by atoms with Crippen LogP contribution in [0.15, 0.2) is 90.2 Å². The van der Waals surface area contributed by atoms with Crippen molar-refractivity contribution in [2.75, 3.05) is 0 Å². The van der Waals surface area contributed by atoms with Gasteiger partial charge < -0.3 is 14.8 Å². The van der Waals surface area contributed by atoms with Gasteiger partial charge in [0.25, 0.3) is 0 Å². The van der Waals surface area contributed by atoms with Gasteiger partial charge in [0.2, 0.25) is 0 Å². The number of cyclic esters (lactones) is 1. The summed E-state index contributed by atoms with van der Waals surface area (Å²) in [5.41, 5.74) is 4.80. The van der Waals surface area contributed by atoms with Gasteiger partial charge in [0.1, 0.15) is 0 Å². The molecule has 32 heavy (non-hydrogen) atoms. The number of aliphatic hydroxyl groups is 1. The molecule has 0 saturated heterocycles. The molecule has 3 aromatic carbocycles. The Bertz CT molecular complexity index is 1350. The molecule has 2 unspecified atom stereocenters. The Balaban J connectivity index is 1.76. The molecule has 2 heterocycles. The van der Waals surface area contributed by atoms with Crippen LogP contribution in [-0.4, -0.2) is 16.1 Å². The Morgan fingerprint density at radius 2 is 1.59 bits per heavy atom. The van der Waals surface area contributed by atoms with E-state index in [0.717, 1.165) is 33.3 Å². The van der Waals surface area contributed by atoms with E-state index in [9.17, 15) is 9.90 Å². The highest BCUT2D eigenvalue weighted by Gasteiger charge is 2.49. The van der Waals surface area contributed by atoms with Gasteiger partial charge in [-0.05, 0) is 44.0 Å². The summed E-state index contributed by atoms with van der Waals surface area (Å²) in [5, 5.41) is 12.6. The molecule has 0 aliphatic carbocycles. The second kappa shape index (κ2) is 7.41. The fourth-order valence-electron chi connectivity index (χ4n) is 4.72. The molecule has 2 N–H and O–H groups in total. The molecule has 0 fully saturated rings. The number of ether oxygens (including phenoxy) is 1. The van der Waals surface area contributed by atoms with Crippen LogP contribution in [0.1, 0.15) is 40.8 Å². The van der Waals surface area contributed by atoms with E-state index in [1.165, 1.54) is 5.56 Å². The van der Waals surface area contributed by atoms with E-state index in [4.69, 9.17) is 4.74 Å². The second-order valence-corrected chi connectivity index (χ2v) is 8.61. The predicted octanol–water partition coefficient (Wildman–Crippen LogP) is 6.20. The normalized spacial score (nSPS) is 19.4. The van der Waals surface area contributed by atoms with Crippen LogP contribution < -0.4 is 0 Å². The summed E-state index contributed by atoms with van der Waals surface area (Å²) < 4.78 is 5.84. The maximum absolute atomic E-state index is 13.3. The molecule has 0 amide bonds. The third-order valence-electron chi connectivity index (χ3n) is 6.51. The molecular weight excluding hydrogens is 398 g/mol. The van der Waals surface area contributed by atoms with Gasteiger partial charge in [-0.1, -0.05) is 72.3 Å². The van der Waals surface area contributed by atoms with Gasteiger partial charge in [0, 0.05) is 22.2 Å². The molecule has 0 radical (unpaired) electrons. The first-order valence-corrected chi connectivity index (χ1v) is 10.8. The van der Waals surface area contributed by atoms with E-state index in [0.29, 0.717) is 0 Å². The summed E-state index contributed by atoms with van der Waals surface area (Å²) >= 11 is 0. The fourth-order valence-corrected chi connectivity index (χ4v) is 4.72. The number of hydrogen-bond donors (Lipinski definition) is 2. The van der Waals surface area contributed by atoms with Gasteiger partial charge in [-0.25, -0.2) is 4.79 Å². The number of fused-ring (bicyclic) bond motifs is 1. The Morgan fingerprint density at radius 3 is 2.28 bits per heavy atom. The molecule has 160 valence electrons. The van der Waals surface area contributed by atoms with E-state index in [1.807, 2.05) is 60.7 Å². The average molecular weight is 424 g/mol. The summed E-state index contributed by atoms with van der Waals surface area (Å²) in [6, 6.07) is 25.4. The third kappa shape index (κ3) is 3.02. The van der Waals surface area contributed by atoms with Crippen molar-refractivity contribution in [3.05, 3.63) is 118 Å². The van der Waals surface area contributed by atoms with Crippen molar-refractivity contribution in [2.24, 2.45) is 0 Å². The molecule has 1 aromatic heterocycles. The second-order valence-electron chi connectivity index (χ2n) is 8.61. The number of hydrogen-bond acceptors (Lipinski definition) is 3. The number of carbonyl (C=O) groups is 1. The van der Waals surface area contributed by atoms with Gasteiger partial charge >= 0.3 is 5.97 Å². The third-order valence-corrected chi connectivity index (χ3v) is 6.51. The summed E-state index contributed by atoms with van der Waals surface area (Å²) in [4.78, 5) is 16.8. The number of benzene rings is 3. The number of rotatable bonds is 4. The van der Waals surface area contributed by atoms with Crippen LogP contribution in [0.5, 0.6) is 0 Å². The van der Waals surface area contributed by atoms with Crippen LogP contribution in [0.3, 0.4) is 0 Å². The van der Waals surface area contributed by atoms with Gasteiger partial charge in [-0.3, -0.25) is 0 Å². The standard InChI is InChI=1S/C28H25NO3/c1-17-14-15-22-21(16-17)18(2)25(29-22)23(19-10-6-4-7-11-19)24-26(30)28(3,32-27(24)31)20-12-8-5-9-13-20/h4-16,23,29-30H,1-3H3. The van der Waals surface area contributed by atoms with Crippen molar-refractivity contribution in [2.45, 2.75) is 32.3 Å². The van der Waals surface area contributed by atoms with Crippen molar-refractivity contribution in [1.29, 1.82) is 0 Å². The summed E-state index contributed by atoms with van der Waals surface area (Å²) in [6.07, 6.45) is 0. The first kappa shape index (κ1) is 20.1. The zero-order valence-electron chi connectivity index (χ0n) is 18.3. The predicted molar refractivity (Wildman–Crippen MR) is 126 cm³/mol. The highest BCUT2D eigenvalue weighted by molar-refractivity contribution is 5.96. The number of aromatic amines is 1. The molecule has 5 rings (SSSR count). The van der Waals surface area contributed by atoms with E-state index in [-0.39, 0.29) is 11.3 Å². The highest BCUT2D eigenvalue weighted by atomic mass is 16.6. The summed E-state index contributed by atoms with van der Waals surface area (Å²) in [5.74, 6) is -1.03. The Morgan fingerprint density at radius 1 is 0.938 bits per heavy atom. The molecule has 4 heteroatoms. The first-order valence-electron chi connectivity index (χ1n) is 10.8. The van der Waals surface area contributed by atoms with Crippen LogP contribution in [0.25, 0.3) is 10.9 Å². The zero-order chi connectivity index (χ0) is 22.5. The number of aromatic nitrogens is 1. The SMILES string of the molecule is Cc1ccc2[nH]c(C(C3=C(O)C(C)(c4ccccc4)OC3=O)c3ccccc3)c(C)c2c1. The van der Waals surface area contributed by atoms with Gasteiger partial charge in [-0.15, -0.1) is 0 Å². The summed E-state index contributed by atoms with van der Waals surface area (Å²) in [7, 11) is 0. The maximum Gasteiger partial charge on any atom is 0.339 e. The zero-order valence-corrected chi connectivity index (χ0v) is 18.3. The minimum Gasteiger partial charge on any atom is -0.507 e. The fraction of sp³-hybridized carbons (Fsp3) is 0.179. The van der Waals surface area contributed by atoms with Crippen LogP contribution in [0.2, 0.25) is 0 Å². The number of esters is 1. The molecule has 4 nitrogen and oxygen atoms in total.